The van der Waals surface area contributed by atoms with Crippen LogP contribution in [0.25, 0.3) is 6.08 Å². The van der Waals surface area contributed by atoms with E-state index in [1.54, 1.807) is 36.4 Å². The van der Waals surface area contributed by atoms with Crippen LogP contribution in [0.4, 0.5) is 4.79 Å². The van der Waals surface area contributed by atoms with Gasteiger partial charge in [-0.2, -0.15) is 0 Å². The van der Waals surface area contributed by atoms with E-state index in [4.69, 9.17) is 32.7 Å². The standard InChI is InChI=1S/C26H21Cl2NO4S/c1-16-6-5-7-17(10-16)15-33-24-21(28)11-18(12-22(24)32-2)13-23-25(30)29(26(31)34-23)14-19-8-3-4-9-20(19)27/h3-13H,14-15H2,1-2H3/b23-13-. The summed E-state index contributed by atoms with van der Waals surface area (Å²) < 4.78 is 11.4. The van der Waals surface area contributed by atoms with Gasteiger partial charge in [-0.1, -0.05) is 71.2 Å². The van der Waals surface area contributed by atoms with Crippen molar-refractivity contribution in [2.24, 2.45) is 0 Å². The van der Waals surface area contributed by atoms with Crippen LogP contribution < -0.4 is 9.47 Å². The van der Waals surface area contributed by atoms with Crippen LogP contribution in [0, 0.1) is 6.92 Å². The molecule has 34 heavy (non-hydrogen) atoms. The van der Waals surface area contributed by atoms with Crippen molar-refractivity contribution in [1.29, 1.82) is 0 Å². The van der Waals surface area contributed by atoms with Gasteiger partial charge in [0.2, 0.25) is 0 Å². The molecule has 3 aromatic carbocycles. The Hall–Kier alpha value is -2.93. The number of hydrogen-bond acceptors (Lipinski definition) is 5. The highest BCUT2D eigenvalue weighted by Gasteiger charge is 2.35. The molecule has 2 amide bonds. The Bertz CT molecular complexity index is 1290. The fourth-order valence-electron chi connectivity index (χ4n) is 3.51. The maximum absolute atomic E-state index is 12.9. The molecule has 4 rings (SSSR count). The van der Waals surface area contributed by atoms with Crippen LogP contribution in [0.2, 0.25) is 10.0 Å². The number of ether oxygens (including phenoxy) is 2. The Morgan fingerprint density at radius 2 is 1.79 bits per heavy atom. The zero-order chi connectivity index (χ0) is 24.2. The Morgan fingerprint density at radius 1 is 1.00 bits per heavy atom. The minimum absolute atomic E-state index is 0.109. The molecule has 1 saturated heterocycles. The number of rotatable bonds is 7. The van der Waals surface area contributed by atoms with Gasteiger partial charge in [0.15, 0.2) is 11.5 Å². The van der Waals surface area contributed by atoms with E-state index in [9.17, 15) is 9.59 Å². The second-order valence-electron chi connectivity index (χ2n) is 7.67. The van der Waals surface area contributed by atoms with Gasteiger partial charge in [0.25, 0.3) is 11.1 Å². The molecule has 3 aromatic rings. The summed E-state index contributed by atoms with van der Waals surface area (Å²) in [5.74, 6) is 0.459. The lowest BCUT2D eigenvalue weighted by atomic mass is 10.1. The van der Waals surface area contributed by atoms with Gasteiger partial charge in [-0.3, -0.25) is 14.5 Å². The third kappa shape index (κ3) is 5.41. The molecule has 0 N–H and O–H groups in total. The van der Waals surface area contributed by atoms with Crippen molar-refractivity contribution in [3.63, 3.8) is 0 Å². The minimum Gasteiger partial charge on any atom is -0.493 e. The quantitative estimate of drug-likeness (QED) is 0.314. The number of aryl methyl sites for hydroxylation is 1. The van der Waals surface area contributed by atoms with Crippen molar-refractivity contribution in [1.82, 2.24) is 4.90 Å². The minimum atomic E-state index is -0.384. The van der Waals surface area contributed by atoms with Crippen LogP contribution in [0.15, 0.2) is 65.6 Å². The Morgan fingerprint density at radius 3 is 2.53 bits per heavy atom. The molecule has 1 fully saturated rings. The molecule has 1 heterocycles. The van der Waals surface area contributed by atoms with E-state index in [-0.39, 0.29) is 17.7 Å². The maximum atomic E-state index is 12.9. The summed E-state index contributed by atoms with van der Waals surface area (Å²) in [4.78, 5) is 26.9. The van der Waals surface area contributed by atoms with E-state index in [0.29, 0.717) is 44.2 Å². The highest BCUT2D eigenvalue weighted by Crippen LogP contribution is 2.39. The van der Waals surface area contributed by atoms with Gasteiger partial charge < -0.3 is 9.47 Å². The van der Waals surface area contributed by atoms with Gasteiger partial charge in [0, 0.05) is 5.02 Å². The highest BCUT2D eigenvalue weighted by atomic mass is 35.5. The number of carbonyl (C=O) groups is 2. The summed E-state index contributed by atoms with van der Waals surface area (Å²) in [6, 6.07) is 18.5. The van der Waals surface area contributed by atoms with Crippen molar-refractivity contribution in [2.45, 2.75) is 20.1 Å². The third-order valence-corrected chi connectivity index (χ3v) is 6.73. The van der Waals surface area contributed by atoms with Gasteiger partial charge >= 0.3 is 0 Å². The topological polar surface area (TPSA) is 55.8 Å². The second-order valence-corrected chi connectivity index (χ2v) is 9.48. The van der Waals surface area contributed by atoms with Crippen molar-refractivity contribution in [3.05, 3.63) is 97.9 Å². The molecule has 0 saturated carbocycles. The molecule has 0 aromatic heterocycles. The van der Waals surface area contributed by atoms with Crippen molar-refractivity contribution in [2.75, 3.05) is 7.11 Å². The number of methoxy groups -OCH3 is 1. The summed E-state index contributed by atoms with van der Waals surface area (Å²) in [6.07, 6.45) is 1.62. The Balaban J connectivity index is 1.54. The van der Waals surface area contributed by atoms with E-state index >= 15 is 0 Å². The maximum Gasteiger partial charge on any atom is 0.293 e. The molecule has 8 heteroatoms. The second kappa shape index (κ2) is 10.6. The number of benzene rings is 3. The van der Waals surface area contributed by atoms with Crippen LogP contribution in [-0.2, 0) is 17.9 Å². The van der Waals surface area contributed by atoms with E-state index in [1.165, 1.54) is 12.0 Å². The number of hydrogen-bond donors (Lipinski definition) is 0. The fraction of sp³-hybridized carbons (Fsp3) is 0.154. The molecule has 0 aliphatic carbocycles. The van der Waals surface area contributed by atoms with Gasteiger partial charge in [0.05, 0.1) is 23.6 Å². The summed E-state index contributed by atoms with van der Waals surface area (Å²) >= 11 is 13.6. The lowest BCUT2D eigenvalue weighted by Crippen LogP contribution is -2.27. The number of thioether (sulfide) groups is 1. The van der Waals surface area contributed by atoms with E-state index in [1.807, 2.05) is 37.3 Å². The van der Waals surface area contributed by atoms with E-state index < -0.39 is 0 Å². The number of carbonyl (C=O) groups excluding carboxylic acids is 2. The van der Waals surface area contributed by atoms with Crippen LogP contribution >= 0.6 is 35.0 Å². The lowest BCUT2D eigenvalue weighted by molar-refractivity contribution is -0.123. The molecule has 0 radical (unpaired) electrons. The molecule has 174 valence electrons. The molecule has 0 bridgehead atoms. The Labute approximate surface area is 212 Å². The summed E-state index contributed by atoms with van der Waals surface area (Å²) in [7, 11) is 1.52. The number of imide groups is 1. The summed E-state index contributed by atoms with van der Waals surface area (Å²) in [5, 5.41) is 0.490. The van der Waals surface area contributed by atoms with Gasteiger partial charge in [0.1, 0.15) is 6.61 Å². The molecule has 0 spiro atoms. The van der Waals surface area contributed by atoms with Crippen LogP contribution in [0.1, 0.15) is 22.3 Å². The molecule has 0 unspecified atom stereocenters. The number of amides is 2. The Kier molecular flexibility index (Phi) is 7.51. The van der Waals surface area contributed by atoms with Crippen molar-refractivity contribution in [3.8, 4) is 11.5 Å². The first-order valence-electron chi connectivity index (χ1n) is 10.4. The fourth-order valence-corrected chi connectivity index (χ4v) is 4.81. The van der Waals surface area contributed by atoms with E-state index in [2.05, 4.69) is 0 Å². The van der Waals surface area contributed by atoms with Gasteiger partial charge in [-0.15, -0.1) is 0 Å². The number of halogens is 2. The SMILES string of the molecule is COc1cc(/C=C2\SC(=O)N(Cc3ccccc3Cl)C2=O)cc(Cl)c1OCc1cccc(C)c1. The number of nitrogens with zero attached hydrogens (tertiary/aromatic N) is 1. The predicted octanol–water partition coefficient (Wildman–Crippen LogP) is 7.13. The highest BCUT2D eigenvalue weighted by molar-refractivity contribution is 8.18. The smallest absolute Gasteiger partial charge is 0.293 e. The third-order valence-electron chi connectivity index (χ3n) is 5.18. The first-order chi connectivity index (χ1) is 16.4. The zero-order valence-electron chi connectivity index (χ0n) is 18.5. The molecule has 1 aliphatic rings. The van der Waals surface area contributed by atoms with Crippen LogP contribution in [-0.4, -0.2) is 23.2 Å². The first kappa shape index (κ1) is 24.2. The van der Waals surface area contributed by atoms with Crippen molar-refractivity contribution >= 4 is 52.2 Å². The predicted molar refractivity (Wildman–Crippen MR) is 136 cm³/mol. The normalized spacial score (nSPS) is 14.7. The van der Waals surface area contributed by atoms with Crippen molar-refractivity contribution < 1.29 is 19.1 Å². The summed E-state index contributed by atoms with van der Waals surface area (Å²) in [5.41, 5.74) is 3.47. The van der Waals surface area contributed by atoms with Gasteiger partial charge in [-0.05, 0) is 59.7 Å². The van der Waals surface area contributed by atoms with Crippen LogP contribution in [0.3, 0.4) is 0 Å². The largest absolute Gasteiger partial charge is 0.493 e. The van der Waals surface area contributed by atoms with Crippen LogP contribution in [0.5, 0.6) is 11.5 Å². The average molecular weight is 514 g/mol. The van der Waals surface area contributed by atoms with E-state index in [0.717, 1.165) is 22.9 Å². The molecule has 5 nitrogen and oxygen atoms in total. The zero-order valence-corrected chi connectivity index (χ0v) is 20.8. The molecular formula is C26H21Cl2NO4S. The first-order valence-corrected chi connectivity index (χ1v) is 12.0. The molecule has 0 atom stereocenters. The summed E-state index contributed by atoms with van der Waals surface area (Å²) in [6.45, 7) is 2.46. The lowest BCUT2D eigenvalue weighted by Gasteiger charge is -2.14. The monoisotopic (exact) mass is 513 g/mol. The molecular weight excluding hydrogens is 493 g/mol. The molecule has 1 aliphatic heterocycles. The average Bonchev–Trinajstić information content (AvgIpc) is 3.06. The van der Waals surface area contributed by atoms with Gasteiger partial charge in [-0.25, -0.2) is 0 Å².